The molecule has 2 nitrogen and oxygen atoms in total. The fourth-order valence-electron chi connectivity index (χ4n) is 6.47. The van der Waals surface area contributed by atoms with Gasteiger partial charge in [0, 0.05) is 48.1 Å². The van der Waals surface area contributed by atoms with Crippen LogP contribution >= 0.6 is 11.3 Å². The summed E-state index contributed by atoms with van der Waals surface area (Å²) in [7, 11) is 0. The third-order valence-corrected chi connectivity index (χ3v) is 9.69. The highest BCUT2D eigenvalue weighted by Crippen LogP contribution is 2.40. The monoisotopic (exact) mass is 552 g/mol. The second-order valence-electron chi connectivity index (χ2n) is 10.8. The Morgan fingerprint density at radius 3 is 2.05 bits per heavy atom. The molecule has 0 bridgehead atoms. The van der Waals surface area contributed by atoms with Crippen molar-refractivity contribution >= 4 is 64.1 Å². The second kappa shape index (κ2) is 9.13. The first-order valence-corrected chi connectivity index (χ1v) is 15.0. The topological polar surface area (TPSA) is 17.8 Å². The summed E-state index contributed by atoms with van der Waals surface area (Å²) in [6, 6.07) is 50.2. The summed E-state index contributed by atoms with van der Waals surface area (Å²) in [4.78, 5) is 5.02. The lowest BCUT2D eigenvalue weighted by Crippen LogP contribution is -1.97. The molecule has 3 aromatic heterocycles. The molecule has 0 fully saturated rings. The zero-order valence-corrected chi connectivity index (χ0v) is 23.5. The molecule has 0 aliphatic rings. The Bertz CT molecular complexity index is 2450. The van der Waals surface area contributed by atoms with Crippen molar-refractivity contribution in [2.45, 2.75) is 0 Å². The molecule has 196 valence electrons. The summed E-state index contributed by atoms with van der Waals surface area (Å²) in [5, 5.41) is 7.62. The van der Waals surface area contributed by atoms with E-state index in [4.69, 9.17) is 4.98 Å². The molecule has 0 radical (unpaired) electrons. The molecule has 0 saturated carbocycles. The largest absolute Gasteiger partial charge is 0.293 e. The Hall–Kier alpha value is -5.25. The number of thiophene rings is 1. The van der Waals surface area contributed by atoms with Gasteiger partial charge in [0.15, 0.2) is 0 Å². The molecule has 3 heterocycles. The molecule has 0 saturated heterocycles. The first-order valence-electron chi connectivity index (χ1n) is 14.2. The van der Waals surface area contributed by atoms with Crippen LogP contribution in [-0.2, 0) is 0 Å². The normalized spacial score (nSPS) is 11.8. The van der Waals surface area contributed by atoms with Crippen LogP contribution in [0.3, 0.4) is 0 Å². The highest BCUT2D eigenvalue weighted by Gasteiger charge is 2.16. The van der Waals surface area contributed by atoms with Gasteiger partial charge in [0.1, 0.15) is 5.82 Å². The number of rotatable bonds is 3. The Balaban J connectivity index is 1.13. The lowest BCUT2D eigenvalue weighted by Gasteiger charge is -2.10. The molecule has 0 N–H and O–H groups in total. The minimum absolute atomic E-state index is 0.925. The van der Waals surface area contributed by atoms with Gasteiger partial charge in [-0.2, -0.15) is 0 Å². The van der Waals surface area contributed by atoms with Gasteiger partial charge in [0.25, 0.3) is 0 Å². The molecule has 9 aromatic rings. The first kappa shape index (κ1) is 23.5. The maximum Gasteiger partial charge on any atom is 0.137 e. The van der Waals surface area contributed by atoms with Crippen LogP contribution in [0, 0.1) is 0 Å². The molecule has 42 heavy (non-hydrogen) atoms. The van der Waals surface area contributed by atoms with Crippen LogP contribution in [0.5, 0.6) is 0 Å². The smallest absolute Gasteiger partial charge is 0.137 e. The van der Waals surface area contributed by atoms with Gasteiger partial charge in [-0.1, -0.05) is 115 Å². The number of hydrogen-bond donors (Lipinski definition) is 0. The SMILES string of the molecule is c1ccc2c(c1)ccc1c3ccccc3n(-c3ccc(-c4ccc(-c5cccc6c5sc5ccccc56)cc4)cn3)c21. The van der Waals surface area contributed by atoms with Crippen LogP contribution < -0.4 is 0 Å². The van der Waals surface area contributed by atoms with Gasteiger partial charge in [-0.25, -0.2) is 4.98 Å². The van der Waals surface area contributed by atoms with Crippen molar-refractivity contribution < 1.29 is 0 Å². The maximum atomic E-state index is 5.02. The molecule has 0 aliphatic heterocycles. The Morgan fingerprint density at radius 2 is 1.19 bits per heavy atom. The van der Waals surface area contributed by atoms with E-state index in [9.17, 15) is 0 Å². The average molecular weight is 553 g/mol. The number of aromatic nitrogens is 2. The van der Waals surface area contributed by atoms with E-state index < -0.39 is 0 Å². The lowest BCUT2D eigenvalue weighted by molar-refractivity contribution is 1.08. The quantitative estimate of drug-likeness (QED) is 0.213. The Labute approximate surface area is 246 Å². The number of pyridine rings is 1. The zero-order valence-electron chi connectivity index (χ0n) is 22.7. The molecule has 0 amide bonds. The van der Waals surface area contributed by atoms with Gasteiger partial charge in [-0.05, 0) is 46.3 Å². The molecule has 0 aliphatic carbocycles. The van der Waals surface area contributed by atoms with Gasteiger partial charge >= 0.3 is 0 Å². The van der Waals surface area contributed by atoms with Crippen molar-refractivity contribution in [3.63, 3.8) is 0 Å². The van der Waals surface area contributed by atoms with Crippen LogP contribution in [0.4, 0.5) is 0 Å². The van der Waals surface area contributed by atoms with Gasteiger partial charge in [-0.3, -0.25) is 4.57 Å². The standard InChI is InChI=1S/C39H24N2S/c1-2-9-29-26(8-1)20-22-33-31-10-3-5-14-35(31)41(38(29)33)37-23-21-28(24-40-37)25-16-18-27(19-17-25)30-12-7-13-34-32-11-4-6-15-36(32)42-39(30)34/h1-24H. The van der Waals surface area contributed by atoms with E-state index >= 15 is 0 Å². The molecule has 6 aromatic carbocycles. The van der Waals surface area contributed by atoms with Gasteiger partial charge in [0.2, 0.25) is 0 Å². The van der Waals surface area contributed by atoms with Crippen molar-refractivity contribution in [2.24, 2.45) is 0 Å². The highest BCUT2D eigenvalue weighted by molar-refractivity contribution is 7.26. The number of nitrogens with zero attached hydrogens (tertiary/aromatic N) is 2. The molecular formula is C39H24N2S. The van der Waals surface area contributed by atoms with E-state index in [0.717, 1.165) is 16.9 Å². The highest BCUT2D eigenvalue weighted by atomic mass is 32.1. The van der Waals surface area contributed by atoms with Crippen molar-refractivity contribution in [3.05, 3.63) is 146 Å². The fraction of sp³-hybridized carbons (Fsp3) is 0. The molecule has 0 atom stereocenters. The van der Waals surface area contributed by atoms with E-state index in [2.05, 4.69) is 144 Å². The predicted octanol–water partition coefficient (Wildman–Crippen LogP) is 11.0. The summed E-state index contributed by atoms with van der Waals surface area (Å²) in [5.41, 5.74) is 7.16. The number of benzene rings is 6. The zero-order chi connectivity index (χ0) is 27.6. The van der Waals surface area contributed by atoms with Crippen LogP contribution in [0.2, 0.25) is 0 Å². The molecule has 3 heteroatoms. The van der Waals surface area contributed by atoms with Crippen LogP contribution in [-0.4, -0.2) is 9.55 Å². The minimum Gasteiger partial charge on any atom is -0.293 e. The Morgan fingerprint density at radius 1 is 0.476 bits per heavy atom. The van der Waals surface area contributed by atoms with Crippen molar-refractivity contribution in [1.82, 2.24) is 9.55 Å². The number of para-hydroxylation sites is 1. The number of hydrogen-bond acceptors (Lipinski definition) is 2. The Kier molecular flexibility index (Phi) is 5.10. The molecule has 0 spiro atoms. The lowest BCUT2D eigenvalue weighted by atomic mass is 9.99. The van der Waals surface area contributed by atoms with E-state index in [0.29, 0.717) is 0 Å². The summed E-state index contributed by atoms with van der Waals surface area (Å²) >= 11 is 1.87. The number of fused-ring (bicyclic) bond motifs is 8. The van der Waals surface area contributed by atoms with E-state index in [1.165, 1.54) is 63.9 Å². The maximum absolute atomic E-state index is 5.02. The van der Waals surface area contributed by atoms with Gasteiger partial charge in [0.05, 0.1) is 11.0 Å². The predicted molar refractivity (Wildman–Crippen MR) is 180 cm³/mol. The van der Waals surface area contributed by atoms with Gasteiger partial charge in [-0.15, -0.1) is 11.3 Å². The third-order valence-electron chi connectivity index (χ3n) is 8.47. The van der Waals surface area contributed by atoms with Crippen LogP contribution in [0.1, 0.15) is 0 Å². The third kappa shape index (κ3) is 3.47. The summed E-state index contributed by atoms with van der Waals surface area (Å²) in [5.74, 6) is 0.925. The minimum atomic E-state index is 0.925. The van der Waals surface area contributed by atoms with Crippen LogP contribution in [0.15, 0.2) is 146 Å². The van der Waals surface area contributed by atoms with E-state index in [1.54, 1.807) is 0 Å². The van der Waals surface area contributed by atoms with Crippen molar-refractivity contribution in [1.29, 1.82) is 0 Å². The van der Waals surface area contributed by atoms with E-state index in [1.807, 2.05) is 17.5 Å². The van der Waals surface area contributed by atoms with E-state index in [-0.39, 0.29) is 0 Å². The molecule has 9 rings (SSSR count). The summed E-state index contributed by atoms with van der Waals surface area (Å²) in [6.07, 6.45) is 2.00. The first-order chi connectivity index (χ1) is 20.8. The summed E-state index contributed by atoms with van der Waals surface area (Å²) < 4.78 is 4.99. The van der Waals surface area contributed by atoms with Crippen LogP contribution in [0.25, 0.3) is 80.8 Å². The fourth-order valence-corrected chi connectivity index (χ4v) is 7.71. The molecule has 0 unspecified atom stereocenters. The summed E-state index contributed by atoms with van der Waals surface area (Å²) in [6.45, 7) is 0. The average Bonchev–Trinajstić information content (AvgIpc) is 3.61. The van der Waals surface area contributed by atoms with Gasteiger partial charge < -0.3 is 0 Å². The second-order valence-corrected chi connectivity index (χ2v) is 11.9. The molecular weight excluding hydrogens is 529 g/mol. The van der Waals surface area contributed by atoms with Crippen molar-refractivity contribution in [3.8, 4) is 28.1 Å². The van der Waals surface area contributed by atoms with Crippen molar-refractivity contribution in [2.75, 3.05) is 0 Å².